The molecular weight excluding hydrogens is 744 g/mol. The maximum absolute atomic E-state index is 11.7. The maximum atomic E-state index is 11.7. The minimum Gasteiger partial charge on any atom is -0.428 e. The Balaban J connectivity index is 0.000000905. The number of nitro groups is 4. The van der Waals surface area contributed by atoms with E-state index in [2.05, 4.69) is 72.5 Å². The zero-order chi connectivity index (χ0) is 41.5. The molecule has 2 rings (SSSR count). The van der Waals surface area contributed by atoms with E-state index in [4.69, 9.17) is 11.1 Å². The second-order valence-electron chi connectivity index (χ2n) is 9.09. The van der Waals surface area contributed by atoms with Gasteiger partial charge in [0.05, 0.1) is 21.7 Å². The van der Waals surface area contributed by atoms with Crippen LogP contribution >= 0.6 is 0 Å². The molecule has 2 aromatic rings. The molecule has 286 valence electrons. The third-order valence-electron chi connectivity index (χ3n) is 5.43. The van der Waals surface area contributed by atoms with Crippen LogP contribution in [0.4, 0.5) is 0 Å². The Bertz CT molecular complexity index is 1840. The Hall–Kier alpha value is -8.50. The highest BCUT2D eigenvalue weighted by Crippen LogP contribution is 2.18. The van der Waals surface area contributed by atoms with Gasteiger partial charge in [0.15, 0.2) is 31.9 Å². The van der Waals surface area contributed by atoms with Crippen molar-refractivity contribution >= 4 is 23.9 Å². The van der Waals surface area contributed by atoms with Gasteiger partial charge in [0, 0.05) is 34.8 Å². The Morgan fingerprint density at radius 3 is 1.57 bits per heavy atom. The first-order valence-electron chi connectivity index (χ1n) is 13.3. The van der Waals surface area contributed by atoms with Crippen LogP contribution in [0.15, 0.2) is 22.6 Å². The molecule has 32 heteroatoms. The second kappa shape index (κ2) is 22.3. The highest BCUT2D eigenvalue weighted by atomic mass is 16.7. The molecule has 0 bridgehead atoms. The van der Waals surface area contributed by atoms with Crippen LogP contribution in [0.1, 0.15) is 23.1 Å². The molecular formula is C22H22N16O16. The van der Waals surface area contributed by atoms with Crippen molar-refractivity contribution in [1.29, 1.82) is 0 Å². The van der Waals surface area contributed by atoms with Crippen molar-refractivity contribution in [1.82, 2.24) is 30.0 Å². The summed E-state index contributed by atoms with van der Waals surface area (Å²) in [5, 5.41) is 63.6. The lowest BCUT2D eigenvalue weighted by atomic mass is 10.2. The molecule has 0 saturated heterocycles. The summed E-state index contributed by atoms with van der Waals surface area (Å²) in [6, 6.07) is 0. The summed E-state index contributed by atoms with van der Waals surface area (Å²) >= 11 is 0. The predicted octanol–water partition coefficient (Wildman–Crippen LogP) is -1.04. The summed E-state index contributed by atoms with van der Waals surface area (Å²) in [5.41, 5.74) is 10.4. The number of azide groups is 2. The minimum atomic E-state index is -2.79. The van der Waals surface area contributed by atoms with Gasteiger partial charge in [-0.2, -0.15) is 0 Å². The molecule has 0 saturated carbocycles. The molecule has 0 atom stereocenters. The molecule has 0 spiro atoms. The normalized spacial score (nSPS) is 9.85. The fourth-order valence-corrected chi connectivity index (χ4v) is 2.91. The number of carbonyl (C=O) groups is 4. The van der Waals surface area contributed by atoms with Crippen LogP contribution < -0.4 is 0 Å². The van der Waals surface area contributed by atoms with Crippen molar-refractivity contribution in [3.63, 3.8) is 0 Å². The van der Waals surface area contributed by atoms with Crippen molar-refractivity contribution in [3.8, 4) is 24.7 Å². The van der Waals surface area contributed by atoms with E-state index in [1.54, 1.807) is 18.8 Å². The summed E-state index contributed by atoms with van der Waals surface area (Å²) in [7, 11) is 0. The monoisotopic (exact) mass is 766 g/mol. The Morgan fingerprint density at radius 2 is 1.20 bits per heavy atom. The fourth-order valence-electron chi connectivity index (χ4n) is 2.91. The van der Waals surface area contributed by atoms with E-state index in [0.717, 1.165) is 22.5 Å². The van der Waals surface area contributed by atoms with Gasteiger partial charge in [-0.25, -0.2) is 23.7 Å². The lowest BCUT2D eigenvalue weighted by Crippen LogP contribution is -2.53. The van der Waals surface area contributed by atoms with E-state index < -0.39 is 94.7 Å². The average Bonchev–Trinajstić information content (AvgIpc) is 3.76. The Morgan fingerprint density at radius 1 is 0.778 bits per heavy atom. The zero-order valence-corrected chi connectivity index (χ0v) is 27.2. The maximum Gasteiger partial charge on any atom is 0.496 e. The van der Waals surface area contributed by atoms with Gasteiger partial charge < -0.3 is 18.9 Å². The number of hydrogen-bond acceptors (Lipinski definition) is 22. The molecule has 0 aliphatic heterocycles. The number of rotatable bonds is 17. The van der Waals surface area contributed by atoms with Crippen LogP contribution in [0.2, 0.25) is 0 Å². The van der Waals surface area contributed by atoms with Crippen LogP contribution in [0.5, 0.6) is 0 Å². The molecule has 0 aromatic carbocycles. The lowest BCUT2D eigenvalue weighted by Gasteiger charge is -2.16. The Labute approximate surface area is 297 Å². The van der Waals surface area contributed by atoms with Gasteiger partial charge in [-0.05, 0) is 18.0 Å². The SMILES string of the molecule is C#CC(=O)OCOC(=O)C#C.CC(=O)OCOC(=O)c1cn(CC(Cn2cc(C)nn2)([N+](=O)[O-])[N+](=O)[O-])nn1.[N-]=[N+]=NCC(CN=[N+]=[N-])([N+](=O)[O-])[N+](=O)[O-]. The molecule has 0 amide bonds. The van der Waals surface area contributed by atoms with Gasteiger partial charge in [0.1, 0.15) is 9.85 Å². The molecule has 54 heavy (non-hydrogen) atoms. The summed E-state index contributed by atoms with van der Waals surface area (Å²) < 4.78 is 19.0. The predicted molar refractivity (Wildman–Crippen MR) is 163 cm³/mol. The zero-order valence-electron chi connectivity index (χ0n) is 27.2. The van der Waals surface area contributed by atoms with Crippen LogP contribution in [0, 0.1) is 72.1 Å². The highest BCUT2D eigenvalue weighted by Gasteiger charge is 2.58. The third-order valence-corrected chi connectivity index (χ3v) is 5.43. The molecule has 0 radical (unpaired) electrons. The number of esters is 4. The van der Waals surface area contributed by atoms with Crippen LogP contribution in [0.3, 0.4) is 0 Å². The van der Waals surface area contributed by atoms with E-state index >= 15 is 0 Å². The van der Waals surface area contributed by atoms with E-state index in [-0.39, 0.29) is 5.69 Å². The third kappa shape index (κ3) is 14.5. The van der Waals surface area contributed by atoms with E-state index in [9.17, 15) is 59.6 Å². The quantitative estimate of drug-likeness (QED) is 0.0213. The molecule has 0 unspecified atom stereocenters. The van der Waals surface area contributed by atoms with Crippen molar-refractivity contribution in [3.05, 3.63) is 85.1 Å². The van der Waals surface area contributed by atoms with Crippen molar-refractivity contribution in [2.45, 2.75) is 38.3 Å². The number of aryl methyl sites for hydroxylation is 1. The summed E-state index contributed by atoms with van der Waals surface area (Å²) in [6.07, 6.45) is 11.5. The molecule has 2 aromatic heterocycles. The summed E-state index contributed by atoms with van der Waals surface area (Å²) in [5.74, 6) is -0.224. The fraction of sp³-hybridized carbons (Fsp3) is 0.455. The topological polar surface area (TPSA) is 437 Å². The van der Waals surface area contributed by atoms with Crippen LogP contribution in [-0.2, 0) is 46.4 Å². The second-order valence-corrected chi connectivity index (χ2v) is 9.09. The number of nitrogens with zero attached hydrogens (tertiary/aromatic N) is 16. The minimum absolute atomic E-state index is 0.385. The number of hydrogen-bond donors (Lipinski definition) is 0. The number of ether oxygens (including phenoxy) is 4. The van der Waals surface area contributed by atoms with Crippen molar-refractivity contribution in [2.24, 2.45) is 10.2 Å². The van der Waals surface area contributed by atoms with Crippen molar-refractivity contribution in [2.75, 3.05) is 26.7 Å². The lowest BCUT2D eigenvalue weighted by molar-refractivity contribution is -0.801. The standard InChI is InChI=1S/C12H14N8O8.C7H4O4.C3H4N8O4/c1-8-3-17(15-13-8)5-12(19(23)24,20(25)26)6-18-4-10(14-16-18)11(22)28-7-27-9(2)21;1-3-6(8)10-5-11-7(9)4-2;4-8-6-1-3(10(12)13,11(14)15)2-7-9-5/h3-4H,5-7H2,1-2H3;1-2H,5H2;1-2H2. The van der Waals surface area contributed by atoms with E-state index in [1.165, 1.54) is 6.20 Å². The van der Waals surface area contributed by atoms with E-state index in [1.807, 2.05) is 0 Å². The molecule has 0 N–H and O–H groups in total. The van der Waals surface area contributed by atoms with Gasteiger partial charge in [-0.3, -0.25) is 45.3 Å². The van der Waals surface area contributed by atoms with Gasteiger partial charge in [-0.15, -0.1) is 23.0 Å². The van der Waals surface area contributed by atoms with Crippen molar-refractivity contribution < 1.29 is 57.8 Å². The van der Waals surface area contributed by atoms with Gasteiger partial charge in [0.2, 0.25) is 13.6 Å². The largest absolute Gasteiger partial charge is 0.496 e. The molecule has 32 nitrogen and oxygen atoms in total. The molecule has 0 aliphatic rings. The first kappa shape index (κ1) is 45.5. The first-order chi connectivity index (χ1) is 25.3. The Kier molecular flexibility index (Phi) is 18.8. The number of aromatic nitrogens is 6. The van der Waals surface area contributed by atoms with Gasteiger partial charge in [0.25, 0.3) is 0 Å². The molecule has 2 heterocycles. The first-order valence-corrected chi connectivity index (χ1v) is 13.3. The molecule has 0 fully saturated rings. The number of terminal acetylenes is 2. The summed E-state index contributed by atoms with van der Waals surface area (Å²) in [4.78, 5) is 86.4. The summed E-state index contributed by atoms with van der Waals surface area (Å²) in [6.45, 7) is -2.18. The highest BCUT2D eigenvalue weighted by molar-refractivity contribution is 5.89. The van der Waals surface area contributed by atoms with Gasteiger partial charge >= 0.3 is 35.2 Å². The average molecular weight is 767 g/mol. The molecule has 0 aliphatic carbocycles. The number of carbonyl (C=O) groups excluding carboxylic acids is 4. The van der Waals surface area contributed by atoms with Crippen LogP contribution in [-0.4, -0.2) is 112 Å². The smallest absolute Gasteiger partial charge is 0.428 e. The van der Waals surface area contributed by atoms with Crippen LogP contribution in [0.25, 0.3) is 20.9 Å². The van der Waals surface area contributed by atoms with E-state index in [0.29, 0.717) is 5.69 Å². The van der Waals surface area contributed by atoms with Gasteiger partial charge in [-0.1, -0.05) is 20.7 Å².